The van der Waals surface area contributed by atoms with Crippen LogP contribution < -0.4 is 10.2 Å². The lowest BCUT2D eigenvalue weighted by atomic mass is 10.2. The van der Waals surface area contributed by atoms with E-state index >= 15 is 0 Å². The summed E-state index contributed by atoms with van der Waals surface area (Å²) in [5, 5.41) is 2.55. The minimum atomic E-state index is -0.524. The quantitative estimate of drug-likeness (QED) is 0.869. The molecule has 0 atom stereocenters. The minimum absolute atomic E-state index is 0.208. The number of anilines is 1. The third-order valence-electron chi connectivity index (χ3n) is 4.28. The molecule has 0 saturated carbocycles. The van der Waals surface area contributed by atoms with Gasteiger partial charge in [-0.15, -0.1) is 0 Å². The average molecular weight is 334 g/mol. The number of carbonyl (C=O) groups excluding carboxylic acids is 3. The highest BCUT2D eigenvalue weighted by molar-refractivity contribution is 6.00. The molecule has 7 nitrogen and oxygen atoms in total. The molecule has 2 aliphatic heterocycles. The Bertz CT molecular complexity index is 642. The smallest absolute Gasteiger partial charge is 0.324 e. The van der Waals surface area contributed by atoms with Crippen LogP contribution in [-0.2, 0) is 9.59 Å². The largest absolute Gasteiger partial charge is 0.366 e. The van der Waals surface area contributed by atoms with Crippen molar-refractivity contribution in [2.45, 2.75) is 6.42 Å². The van der Waals surface area contributed by atoms with Gasteiger partial charge in [0, 0.05) is 39.1 Å². The number of benzene rings is 1. The highest BCUT2D eigenvalue weighted by atomic mass is 19.1. The Morgan fingerprint density at radius 2 is 1.83 bits per heavy atom. The SMILES string of the molecule is O=C(CN1C(=O)CCNC1=O)N1CCN(c2ccccc2F)CC1. The number of halogens is 1. The molecule has 0 aliphatic carbocycles. The van der Waals surface area contributed by atoms with Gasteiger partial charge in [0.1, 0.15) is 12.4 Å². The summed E-state index contributed by atoms with van der Waals surface area (Å²) in [5.41, 5.74) is 0.523. The second kappa shape index (κ2) is 6.86. The van der Waals surface area contributed by atoms with Crippen molar-refractivity contribution in [1.82, 2.24) is 15.1 Å². The van der Waals surface area contributed by atoms with E-state index in [2.05, 4.69) is 5.32 Å². The number of imide groups is 1. The number of nitrogens with zero attached hydrogens (tertiary/aromatic N) is 3. The molecular weight excluding hydrogens is 315 g/mol. The molecule has 2 fully saturated rings. The van der Waals surface area contributed by atoms with Gasteiger partial charge in [0.25, 0.3) is 0 Å². The highest BCUT2D eigenvalue weighted by Gasteiger charge is 2.30. The normalized spacial score (nSPS) is 18.6. The Hall–Kier alpha value is -2.64. The fraction of sp³-hybridized carbons (Fsp3) is 0.438. The molecule has 3 rings (SSSR count). The number of hydrogen-bond acceptors (Lipinski definition) is 4. The van der Waals surface area contributed by atoms with Gasteiger partial charge in [-0.05, 0) is 12.1 Å². The van der Waals surface area contributed by atoms with Gasteiger partial charge in [0.15, 0.2) is 0 Å². The van der Waals surface area contributed by atoms with Gasteiger partial charge < -0.3 is 15.1 Å². The maximum absolute atomic E-state index is 13.8. The summed E-state index contributed by atoms with van der Waals surface area (Å²) in [4.78, 5) is 40.2. The van der Waals surface area contributed by atoms with E-state index in [1.54, 1.807) is 23.1 Å². The molecule has 0 aromatic heterocycles. The molecule has 0 unspecified atom stereocenters. The zero-order valence-corrected chi connectivity index (χ0v) is 13.2. The average Bonchev–Trinajstić information content (AvgIpc) is 2.59. The standard InChI is InChI=1S/C16H19FN4O3/c17-12-3-1-2-4-13(12)19-7-9-20(10-8-19)15(23)11-21-14(22)5-6-18-16(21)24/h1-4H,5-11H2,(H,18,24). The summed E-state index contributed by atoms with van der Waals surface area (Å²) in [6.45, 7) is 1.93. The lowest BCUT2D eigenvalue weighted by Gasteiger charge is -2.37. The van der Waals surface area contributed by atoms with Crippen molar-refractivity contribution in [3.05, 3.63) is 30.1 Å². The van der Waals surface area contributed by atoms with Gasteiger partial charge in [-0.25, -0.2) is 9.18 Å². The van der Waals surface area contributed by atoms with Crippen LogP contribution in [0.5, 0.6) is 0 Å². The van der Waals surface area contributed by atoms with Gasteiger partial charge in [0.2, 0.25) is 11.8 Å². The van der Waals surface area contributed by atoms with Crippen molar-refractivity contribution < 1.29 is 18.8 Å². The van der Waals surface area contributed by atoms with Crippen LogP contribution in [0.2, 0.25) is 0 Å². The van der Waals surface area contributed by atoms with Crippen LogP contribution in [0.1, 0.15) is 6.42 Å². The molecule has 1 aromatic carbocycles. The Morgan fingerprint density at radius 1 is 1.12 bits per heavy atom. The number of amides is 4. The molecular formula is C16H19FN4O3. The lowest BCUT2D eigenvalue weighted by molar-refractivity contribution is -0.138. The molecule has 0 spiro atoms. The fourth-order valence-electron chi connectivity index (χ4n) is 2.92. The number of rotatable bonds is 3. The lowest BCUT2D eigenvalue weighted by Crippen LogP contribution is -2.56. The van der Waals surface area contributed by atoms with Crippen LogP contribution in [0.15, 0.2) is 24.3 Å². The van der Waals surface area contributed by atoms with E-state index in [4.69, 9.17) is 0 Å². The number of nitrogens with one attached hydrogen (secondary N) is 1. The molecule has 2 saturated heterocycles. The van der Waals surface area contributed by atoms with Gasteiger partial charge in [-0.3, -0.25) is 14.5 Å². The van der Waals surface area contributed by atoms with Crippen molar-refractivity contribution in [3.8, 4) is 0 Å². The first-order valence-electron chi connectivity index (χ1n) is 7.91. The van der Waals surface area contributed by atoms with E-state index in [1.807, 2.05) is 4.90 Å². The van der Waals surface area contributed by atoms with Gasteiger partial charge in [0.05, 0.1) is 5.69 Å². The number of piperazine rings is 1. The number of carbonyl (C=O) groups is 3. The predicted molar refractivity (Wildman–Crippen MR) is 84.9 cm³/mol. The van der Waals surface area contributed by atoms with Crippen molar-refractivity contribution in [2.75, 3.05) is 44.2 Å². The molecule has 0 bridgehead atoms. The number of para-hydroxylation sites is 1. The monoisotopic (exact) mass is 334 g/mol. The van der Waals surface area contributed by atoms with Crippen molar-refractivity contribution in [2.24, 2.45) is 0 Å². The molecule has 4 amide bonds. The van der Waals surface area contributed by atoms with Crippen LogP contribution in [-0.4, -0.2) is 66.9 Å². The van der Waals surface area contributed by atoms with Crippen LogP contribution in [0, 0.1) is 5.82 Å². The van der Waals surface area contributed by atoms with Crippen LogP contribution in [0.4, 0.5) is 14.9 Å². The van der Waals surface area contributed by atoms with E-state index in [0.717, 1.165) is 4.90 Å². The second-order valence-corrected chi connectivity index (χ2v) is 5.78. The first kappa shape index (κ1) is 16.2. The molecule has 2 aliphatic rings. The maximum atomic E-state index is 13.8. The van der Waals surface area contributed by atoms with Crippen molar-refractivity contribution >= 4 is 23.5 Å². The molecule has 1 aromatic rings. The molecule has 8 heteroatoms. The second-order valence-electron chi connectivity index (χ2n) is 5.78. The first-order chi connectivity index (χ1) is 11.6. The van der Waals surface area contributed by atoms with Crippen LogP contribution in [0.3, 0.4) is 0 Å². The molecule has 0 radical (unpaired) electrons. The molecule has 2 heterocycles. The Kier molecular flexibility index (Phi) is 4.64. The zero-order valence-electron chi connectivity index (χ0n) is 13.2. The predicted octanol–water partition coefficient (Wildman–Crippen LogP) is 0.416. The summed E-state index contributed by atoms with van der Waals surface area (Å²) in [6.07, 6.45) is 0.208. The molecule has 128 valence electrons. The number of urea groups is 1. The van der Waals surface area contributed by atoms with Crippen LogP contribution >= 0.6 is 0 Å². The van der Waals surface area contributed by atoms with E-state index in [0.29, 0.717) is 38.4 Å². The topological polar surface area (TPSA) is 73.0 Å². The Labute approximate surface area is 139 Å². The van der Waals surface area contributed by atoms with Crippen molar-refractivity contribution in [3.63, 3.8) is 0 Å². The van der Waals surface area contributed by atoms with Crippen molar-refractivity contribution in [1.29, 1.82) is 0 Å². The number of hydrogen-bond donors (Lipinski definition) is 1. The van der Waals surface area contributed by atoms with E-state index < -0.39 is 6.03 Å². The third-order valence-corrected chi connectivity index (χ3v) is 4.28. The summed E-state index contributed by atoms with van der Waals surface area (Å²) < 4.78 is 13.8. The fourth-order valence-corrected chi connectivity index (χ4v) is 2.92. The molecule has 24 heavy (non-hydrogen) atoms. The summed E-state index contributed by atoms with van der Waals surface area (Å²) in [7, 11) is 0. The minimum Gasteiger partial charge on any atom is -0.366 e. The molecule has 1 N–H and O–H groups in total. The van der Waals surface area contributed by atoms with Gasteiger partial charge in [-0.2, -0.15) is 0 Å². The summed E-state index contributed by atoms with van der Waals surface area (Å²) in [6, 6.07) is 6.01. The summed E-state index contributed by atoms with van der Waals surface area (Å²) >= 11 is 0. The van der Waals surface area contributed by atoms with Gasteiger partial charge in [-0.1, -0.05) is 12.1 Å². The Balaban J connectivity index is 1.56. The zero-order chi connectivity index (χ0) is 17.1. The summed E-state index contributed by atoms with van der Waals surface area (Å²) in [5.74, 6) is -0.890. The van der Waals surface area contributed by atoms with E-state index in [9.17, 15) is 18.8 Å². The third kappa shape index (κ3) is 3.32. The maximum Gasteiger partial charge on any atom is 0.324 e. The highest BCUT2D eigenvalue weighted by Crippen LogP contribution is 2.20. The van der Waals surface area contributed by atoms with E-state index in [-0.39, 0.29) is 30.6 Å². The first-order valence-corrected chi connectivity index (χ1v) is 7.91. The Morgan fingerprint density at radius 3 is 2.50 bits per heavy atom. The van der Waals surface area contributed by atoms with Gasteiger partial charge >= 0.3 is 6.03 Å². The van der Waals surface area contributed by atoms with Crippen LogP contribution in [0.25, 0.3) is 0 Å². The van der Waals surface area contributed by atoms with E-state index in [1.165, 1.54) is 6.07 Å².